The van der Waals surface area contributed by atoms with Crippen molar-refractivity contribution in [3.05, 3.63) is 0 Å². The topological polar surface area (TPSA) is 0 Å². The van der Waals surface area contributed by atoms with E-state index in [2.05, 4.69) is 66.5 Å². The van der Waals surface area contributed by atoms with Crippen LogP contribution in [0.4, 0.5) is 0 Å². The molecule has 0 aromatic heterocycles. The van der Waals surface area contributed by atoms with Gasteiger partial charge in [0, 0.05) is 9.65 Å². The standard InChI is InChI=1S/C27H46Br2/c1-17(2)7-6-8-18(3)21-11-12-22-20-10-9-19-15-24(28)25(29)16-27(19,5)23(20)13-14-26(21,22)4/h17-25H,6-16H2,1-5H3/t18-,19+,20+,21+,22-,23+,24+,25-,26+,27+/m1/s1. The summed E-state index contributed by atoms with van der Waals surface area (Å²) in [4.78, 5) is 1.36. The average Bonchev–Trinajstić information content (AvgIpc) is 3.00. The molecule has 29 heavy (non-hydrogen) atoms. The molecule has 2 heteroatoms. The molecule has 0 aliphatic heterocycles. The van der Waals surface area contributed by atoms with Crippen LogP contribution in [0.2, 0.25) is 0 Å². The lowest BCUT2D eigenvalue weighted by atomic mass is 9.44. The van der Waals surface area contributed by atoms with E-state index < -0.39 is 0 Å². The van der Waals surface area contributed by atoms with Gasteiger partial charge in [-0.2, -0.15) is 0 Å². The minimum atomic E-state index is 0.587. The number of fused-ring (bicyclic) bond motifs is 5. The summed E-state index contributed by atoms with van der Waals surface area (Å²) in [6.07, 6.45) is 16.3. The Morgan fingerprint density at radius 1 is 0.828 bits per heavy atom. The van der Waals surface area contributed by atoms with Gasteiger partial charge >= 0.3 is 0 Å². The van der Waals surface area contributed by atoms with Gasteiger partial charge in [0.15, 0.2) is 0 Å². The van der Waals surface area contributed by atoms with E-state index in [0.29, 0.717) is 20.5 Å². The van der Waals surface area contributed by atoms with E-state index in [1.165, 1.54) is 70.6 Å². The van der Waals surface area contributed by atoms with Crippen LogP contribution in [0, 0.1) is 52.3 Å². The number of hydrogen-bond acceptors (Lipinski definition) is 0. The second-order valence-corrected chi connectivity index (χ2v) is 15.0. The van der Waals surface area contributed by atoms with Gasteiger partial charge in [-0.15, -0.1) is 0 Å². The summed E-state index contributed by atoms with van der Waals surface area (Å²) < 4.78 is 0. The highest BCUT2D eigenvalue weighted by Gasteiger charge is 2.61. The third-order valence-electron chi connectivity index (χ3n) is 10.8. The SMILES string of the molecule is CC(C)CCC[C@@H](C)[C@@H]1CC[C@@H]2[C@@H]3CC[C@H]4C[C@H](Br)[C@H](Br)C[C@]4(C)[C@H]3CC[C@]21C. The number of rotatable bonds is 5. The minimum Gasteiger partial charge on any atom is -0.0878 e. The molecule has 0 aromatic carbocycles. The normalized spacial score (nSPS) is 50.7. The highest BCUT2D eigenvalue weighted by Crippen LogP contribution is 2.68. The van der Waals surface area contributed by atoms with Crippen LogP contribution < -0.4 is 0 Å². The van der Waals surface area contributed by atoms with E-state index in [9.17, 15) is 0 Å². The molecule has 4 aliphatic rings. The molecule has 0 nitrogen and oxygen atoms in total. The van der Waals surface area contributed by atoms with Crippen molar-refractivity contribution < 1.29 is 0 Å². The molecule has 4 aliphatic carbocycles. The first-order valence-electron chi connectivity index (χ1n) is 12.9. The molecular formula is C27H46Br2. The molecular weight excluding hydrogens is 484 g/mol. The molecule has 0 radical (unpaired) electrons. The first-order valence-corrected chi connectivity index (χ1v) is 14.8. The van der Waals surface area contributed by atoms with E-state index >= 15 is 0 Å². The van der Waals surface area contributed by atoms with Gasteiger partial charge in [0.05, 0.1) is 0 Å². The first kappa shape index (κ1) is 23.1. The van der Waals surface area contributed by atoms with Crippen molar-refractivity contribution in [2.45, 2.75) is 115 Å². The number of alkyl halides is 2. The third-order valence-corrected chi connectivity index (χ3v) is 13.5. The zero-order valence-corrected chi connectivity index (χ0v) is 22.9. The molecule has 0 bridgehead atoms. The second kappa shape index (κ2) is 8.72. The lowest BCUT2D eigenvalue weighted by Crippen LogP contribution is -2.55. The predicted molar refractivity (Wildman–Crippen MR) is 134 cm³/mol. The lowest BCUT2D eigenvalue weighted by Gasteiger charge is -2.62. The van der Waals surface area contributed by atoms with Gasteiger partial charge in [-0.05, 0) is 104 Å². The summed E-state index contributed by atoms with van der Waals surface area (Å²) in [7, 11) is 0. The minimum absolute atomic E-state index is 0.587. The fourth-order valence-electron chi connectivity index (χ4n) is 9.23. The Morgan fingerprint density at radius 2 is 1.55 bits per heavy atom. The molecule has 4 saturated carbocycles. The Hall–Kier alpha value is 0.960. The fraction of sp³-hybridized carbons (Fsp3) is 1.00. The summed E-state index contributed by atoms with van der Waals surface area (Å²) in [5.41, 5.74) is 1.23. The lowest BCUT2D eigenvalue weighted by molar-refractivity contribution is -0.112. The molecule has 4 fully saturated rings. The highest BCUT2D eigenvalue weighted by molar-refractivity contribution is 9.12. The maximum absolute atomic E-state index is 4.05. The summed E-state index contributed by atoms with van der Waals surface area (Å²) in [5, 5.41) is 0. The average molecular weight is 530 g/mol. The Labute approximate surface area is 198 Å². The van der Waals surface area contributed by atoms with Crippen molar-refractivity contribution in [1.82, 2.24) is 0 Å². The predicted octanol–water partition coefficient (Wildman–Crippen LogP) is 9.24. The Bertz CT molecular complexity index is 573. The maximum atomic E-state index is 4.05. The molecule has 0 heterocycles. The zero-order chi connectivity index (χ0) is 21.0. The van der Waals surface area contributed by atoms with Crippen LogP contribution in [0.5, 0.6) is 0 Å². The van der Waals surface area contributed by atoms with Crippen LogP contribution >= 0.6 is 31.9 Å². The highest BCUT2D eigenvalue weighted by atomic mass is 79.9. The van der Waals surface area contributed by atoms with Crippen LogP contribution in [-0.2, 0) is 0 Å². The molecule has 0 unspecified atom stereocenters. The molecule has 0 N–H and O–H groups in total. The number of halogens is 2. The van der Waals surface area contributed by atoms with Gasteiger partial charge in [-0.3, -0.25) is 0 Å². The van der Waals surface area contributed by atoms with Crippen molar-refractivity contribution in [2.24, 2.45) is 52.3 Å². The van der Waals surface area contributed by atoms with E-state index in [1.807, 2.05) is 0 Å². The Balaban J connectivity index is 1.47. The maximum Gasteiger partial charge on any atom is 0.0276 e. The summed E-state index contributed by atoms with van der Waals surface area (Å²) in [6.45, 7) is 12.8. The Kier molecular flexibility index (Phi) is 6.95. The van der Waals surface area contributed by atoms with E-state index in [4.69, 9.17) is 0 Å². The van der Waals surface area contributed by atoms with Gasteiger partial charge in [-0.25, -0.2) is 0 Å². The third kappa shape index (κ3) is 4.06. The van der Waals surface area contributed by atoms with E-state index in [0.717, 1.165) is 41.4 Å². The quantitative estimate of drug-likeness (QED) is 0.311. The molecule has 168 valence electrons. The Morgan fingerprint density at radius 3 is 2.28 bits per heavy atom. The smallest absolute Gasteiger partial charge is 0.0276 e. The fourth-order valence-corrected chi connectivity index (χ4v) is 10.8. The van der Waals surface area contributed by atoms with Gasteiger partial charge in [-0.1, -0.05) is 85.7 Å². The molecule has 0 spiro atoms. The summed E-state index contributed by atoms with van der Waals surface area (Å²) in [5.74, 6) is 6.79. The monoisotopic (exact) mass is 528 g/mol. The molecule has 0 aromatic rings. The first-order chi connectivity index (χ1) is 13.7. The van der Waals surface area contributed by atoms with Crippen LogP contribution in [-0.4, -0.2) is 9.65 Å². The van der Waals surface area contributed by atoms with E-state index in [1.54, 1.807) is 0 Å². The summed E-state index contributed by atoms with van der Waals surface area (Å²) >= 11 is 8.04. The largest absolute Gasteiger partial charge is 0.0878 e. The zero-order valence-electron chi connectivity index (χ0n) is 19.7. The van der Waals surface area contributed by atoms with Crippen molar-refractivity contribution >= 4 is 31.9 Å². The van der Waals surface area contributed by atoms with Crippen LogP contribution in [0.25, 0.3) is 0 Å². The van der Waals surface area contributed by atoms with Crippen molar-refractivity contribution in [1.29, 1.82) is 0 Å². The van der Waals surface area contributed by atoms with Gasteiger partial charge in [0.1, 0.15) is 0 Å². The van der Waals surface area contributed by atoms with Crippen LogP contribution in [0.3, 0.4) is 0 Å². The van der Waals surface area contributed by atoms with Crippen molar-refractivity contribution in [2.75, 3.05) is 0 Å². The molecule has 0 amide bonds. The molecule has 4 rings (SSSR count). The van der Waals surface area contributed by atoms with E-state index in [-0.39, 0.29) is 0 Å². The summed E-state index contributed by atoms with van der Waals surface area (Å²) in [6, 6.07) is 0. The van der Waals surface area contributed by atoms with Crippen molar-refractivity contribution in [3.63, 3.8) is 0 Å². The second-order valence-electron chi connectivity index (χ2n) is 12.7. The van der Waals surface area contributed by atoms with Crippen LogP contribution in [0.1, 0.15) is 105 Å². The van der Waals surface area contributed by atoms with Crippen LogP contribution in [0.15, 0.2) is 0 Å². The molecule has 0 saturated heterocycles. The van der Waals surface area contributed by atoms with Gasteiger partial charge in [0.2, 0.25) is 0 Å². The molecule has 10 atom stereocenters. The van der Waals surface area contributed by atoms with Gasteiger partial charge in [0.25, 0.3) is 0 Å². The van der Waals surface area contributed by atoms with Crippen molar-refractivity contribution in [3.8, 4) is 0 Å². The van der Waals surface area contributed by atoms with Gasteiger partial charge < -0.3 is 0 Å². The number of hydrogen-bond donors (Lipinski definition) is 0.